The number of fused-ring (bicyclic) bond motifs is 2. The Kier molecular flexibility index (Phi) is 4.41. The van der Waals surface area contributed by atoms with Gasteiger partial charge in [-0.15, -0.1) is 0 Å². The molecule has 4 rings (SSSR count). The highest BCUT2D eigenvalue weighted by molar-refractivity contribution is 5.77. The number of nitrogens with one attached hydrogen (secondary N) is 1. The number of nitrogens with zero attached hydrogens (tertiary/aromatic N) is 2. The molecule has 0 bridgehead atoms. The number of aromatic nitrogens is 2. The zero-order valence-corrected chi connectivity index (χ0v) is 14.4. The molecule has 0 saturated carbocycles. The van der Waals surface area contributed by atoms with Gasteiger partial charge in [0, 0.05) is 42.5 Å². The minimum atomic E-state index is -0.364. The lowest BCUT2D eigenvalue weighted by molar-refractivity contribution is 0.272. The van der Waals surface area contributed by atoms with Gasteiger partial charge in [0.2, 0.25) is 0 Å². The third-order valence-electron chi connectivity index (χ3n) is 4.14. The van der Waals surface area contributed by atoms with E-state index in [4.69, 9.17) is 9.15 Å². The molecule has 0 aliphatic carbocycles. The van der Waals surface area contributed by atoms with Gasteiger partial charge in [-0.05, 0) is 37.3 Å². The summed E-state index contributed by atoms with van der Waals surface area (Å²) in [7, 11) is 0. The van der Waals surface area contributed by atoms with Crippen LogP contribution in [0.3, 0.4) is 0 Å². The number of hydrogen-bond donors (Lipinski definition) is 1. The van der Waals surface area contributed by atoms with Crippen molar-refractivity contribution in [2.45, 2.75) is 19.5 Å². The van der Waals surface area contributed by atoms with Gasteiger partial charge in [-0.2, -0.15) is 0 Å². The topological polar surface area (TPSA) is 68.8 Å². The summed E-state index contributed by atoms with van der Waals surface area (Å²) in [5, 5.41) is 4.27. The standard InChI is InChI=1S/C20H19N3O3/c1-14(21-11-16-12-23-9-3-2-4-19(23)22-16)13-25-17-7-5-15-6-8-20(24)26-18(15)10-17/h2-10,12,14,21H,11,13H2,1H3/t14-/m0/s1. The summed E-state index contributed by atoms with van der Waals surface area (Å²) in [6, 6.07) is 14.7. The summed E-state index contributed by atoms with van der Waals surface area (Å²) in [6.07, 6.45) is 4.00. The molecular formula is C20H19N3O3. The van der Waals surface area contributed by atoms with Gasteiger partial charge in [-0.3, -0.25) is 0 Å². The molecule has 0 fully saturated rings. The van der Waals surface area contributed by atoms with Crippen LogP contribution in [0.2, 0.25) is 0 Å². The van der Waals surface area contributed by atoms with E-state index in [1.807, 2.05) is 47.1 Å². The van der Waals surface area contributed by atoms with Crippen LogP contribution < -0.4 is 15.7 Å². The first-order chi connectivity index (χ1) is 12.7. The molecule has 0 amide bonds. The molecule has 0 spiro atoms. The highest BCUT2D eigenvalue weighted by Gasteiger charge is 2.07. The lowest BCUT2D eigenvalue weighted by Crippen LogP contribution is -2.31. The van der Waals surface area contributed by atoms with Crippen LogP contribution in [0.4, 0.5) is 0 Å². The molecule has 0 radical (unpaired) electrons. The maximum absolute atomic E-state index is 11.3. The summed E-state index contributed by atoms with van der Waals surface area (Å²) in [4.78, 5) is 15.9. The maximum atomic E-state index is 11.3. The highest BCUT2D eigenvalue weighted by Crippen LogP contribution is 2.19. The summed E-state index contributed by atoms with van der Waals surface area (Å²) in [5.41, 5.74) is 2.08. The zero-order valence-electron chi connectivity index (χ0n) is 14.4. The van der Waals surface area contributed by atoms with Crippen LogP contribution in [0.1, 0.15) is 12.6 Å². The Morgan fingerprint density at radius 3 is 3.00 bits per heavy atom. The zero-order chi connectivity index (χ0) is 17.9. The van der Waals surface area contributed by atoms with E-state index in [9.17, 15) is 4.79 Å². The van der Waals surface area contributed by atoms with Gasteiger partial charge < -0.3 is 18.9 Å². The molecule has 1 N–H and O–H groups in total. The van der Waals surface area contributed by atoms with Gasteiger partial charge in [-0.1, -0.05) is 6.07 Å². The molecule has 132 valence electrons. The van der Waals surface area contributed by atoms with Crippen molar-refractivity contribution < 1.29 is 9.15 Å². The first-order valence-electron chi connectivity index (χ1n) is 8.50. The van der Waals surface area contributed by atoms with Crippen LogP contribution in [0.5, 0.6) is 5.75 Å². The molecule has 3 aromatic heterocycles. The smallest absolute Gasteiger partial charge is 0.336 e. The van der Waals surface area contributed by atoms with Crippen molar-refractivity contribution in [2.24, 2.45) is 0 Å². The second kappa shape index (κ2) is 7.01. The van der Waals surface area contributed by atoms with Gasteiger partial charge in [-0.25, -0.2) is 9.78 Å². The number of imidazole rings is 1. The van der Waals surface area contributed by atoms with Crippen molar-refractivity contribution in [3.63, 3.8) is 0 Å². The molecule has 0 aliphatic rings. The van der Waals surface area contributed by atoms with E-state index in [0.29, 0.717) is 24.5 Å². The van der Waals surface area contributed by atoms with Crippen molar-refractivity contribution >= 4 is 16.6 Å². The van der Waals surface area contributed by atoms with Crippen LogP contribution in [0, 0.1) is 0 Å². The van der Waals surface area contributed by atoms with Gasteiger partial charge in [0.25, 0.3) is 0 Å². The lowest BCUT2D eigenvalue weighted by atomic mass is 10.2. The molecule has 1 aromatic carbocycles. The molecule has 0 unspecified atom stereocenters. The van der Waals surface area contributed by atoms with Crippen molar-refractivity contribution in [1.29, 1.82) is 0 Å². The van der Waals surface area contributed by atoms with Gasteiger partial charge in [0.05, 0.1) is 5.69 Å². The number of benzene rings is 1. The summed E-state index contributed by atoms with van der Waals surface area (Å²) >= 11 is 0. The van der Waals surface area contributed by atoms with E-state index in [-0.39, 0.29) is 11.7 Å². The number of ether oxygens (including phenoxy) is 1. The Morgan fingerprint density at radius 1 is 1.23 bits per heavy atom. The second-order valence-corrected chi connectivity index (χ2v) is 6.25. The van der Waals surface area contributed by atoms with E-state index in [1.54, 1.807) is 12.1 Å². The molecule has 1 atom stereocenters. The van der Waals surface area contributed by atoms with Crippen LogP contribution in [-0.4, -0.2) is 22.0 Å². The summed E-state index contributed by atoms with van der Waals surface area (Å²) < 4.78 is 13.0. The predicted molar refractivity (Wildman–Crippen MR) is 99.5 cm³/mol. The Morgan fingerprint density at radius 2 is 2.12 bits per heavy atom. The van der Waals surface area contributed by atoms with E-state index in [0.717, 1.165) is 16.7 Å². The Hall–Kier alpha value is -3.12. The Balaban J connectivity index is 1.34. The first-order valence-corrected chi connectivity index (χ1v) is 8.50. The lowest BCUT2D eigenvalue weighted by Gasteiger charge is -2.14. The van der Waals surface area contributed by atoms with Crippen LogP contribution >= 0.6 is 0 Å². The minimum Gasteiger partial charge on any atom is -0.492 e. The Bertz CT molecular complexity index is 1070. The molecule has 4 aromatic rings. The maximum Gasteiger partial charge on any atom is 0.336 e. The van der Waals surface area contributed by atoms with Crippen molar-refractivity contribution in [3.8, 4) is 5.75 Å². The minimum absolute atomic E-state index is 0.137. The normalized spacial score (nSPS) is 12.5. The third kappa shape index (κ3) is 3.60. The van der Waals surface area contributed by atoms with Crippen LogP contribution in [0.25, 0.3) is 16.6 Å². The SMILES string of the molecule is C[C@@H](COc1ccc2ccc(=O)oc2c1)NCc1cn2ccccc2n1. The largest absolute Gasteiger partial charge is 0.492 e. The average Bonchev–Trinajstić information content (AvgIpc) is 3.07. The Labute approximate surface area is 150 Å². The van der Waals surface area contributed by atoms with E-state index < -0.39 is 0 Å². The van der Waals surface area contributed by atoms with E-state index in [2.05, 4.69) is 17.2 Å². The van der Waals surface area contributed by atoms with Crippen LogP contribution in [-0.2, 0) is 6.54 Å². The molecule has 0 saturated heterocycles. The fourth-order valence-corrected chi connectivity index (χ4v) is 2.76. The average molecular weight is 349 g/mol. The second-order valence-electron chi connectivity index (χ2n) is 6.25. The van der Waals surface area contributed by atoms with Crippen molar-refractivity contribution in [1.82, 2.24) is 14.7 Å². The fraction of sp³-hybridized carbons (Fsp3) is 0.200. The molecule has 26 heavy (non-hydrogen) atoms. The third-order valence-corrected chi connectivity index (χ3v) is 4.14. The van der Waals surface area contributed by atoms with Crippen molar-refractivity contribution in [2.75, 3.05) is 6.61 Å². The first kappa shape index (κ1) is 16.4. The molecule has 0 aliphatic heterocycles. The van der Waals surface area contributed by atoms with Crippen LogP contribution in [0.15, 0.2) is 70.1 Å². The highest BCUT2D eigenvalue weighted by atomic mass is 16.5. The van der Waals surface area contributed by atoms with Crippen molar-refractivity contribution in [3.05, 3.63) is 77.0 Å². The molecule has 6 heteroatoms. The molecule has 3 heterocycles. The quantitative estimate of drug-likeness (QED) is 0.542. The van der Waals surface area contributed by atoms with Gasteiger partial charge in [0.1, 0.15) is 23.6 Å². The predicted octanol–water partition coefficient (Wildman–Crippen LogP) is 3.00. The number of pyridine rings is 1. The number of rotatable bonds is 6. The monoisotopic (exact) mass is 349 g/mol. The summed E-state index contributed by atoms with van der Waals surface area (Å²) in [6.45, 7) is 3.21. The van der Waals surface area contributed by atoms with Gasteiger partial charge in [0.15, 0.2) is 0 Å². The molecular weight excluding hydrogens is 330 g/mol. The fourth-order valence-electron chi connectivity index (χ4n) is 2.76. The van der Waals surface area contributed by atoms with Gasteiger partial charge >= 0.3 is 5.63 Å². The summed E-state index contributed by atoms with van der Waals surface area (Å²) in [5.74, 6) is 0.674. The molecule has 6 nitrogen and oxygen atoms in total. The number of hydrogen-bond acceptors (Lipinski definition) is 5. The van der Waals surface area contributed by atoms with E-state index in [1.165, 1.54) is 6.07 Å². The van der Waals surface area contributed by atoms with E-state index >= 15 is 0 Å².